The summed E-state index contributed by atoms with van der Waals surface area (Å²) in [5.41, 5.74) is 0. The highest BCUT2D eigenvalue weighted by atomic mass is 79.9. The van der Waals surface area contributed by atoms with Crippen LogP contribution in [0, 0.1) is 10.1 Å². The van der Waals surface area contributed by atoms with Crippen molar-refractivity contribution in [2.45, 2.75) is 6.10 Å². The van der Waals surface area contributed by atoms with Crippen LogP contribution in [0.3, 0.4) is 0 Å². The number of furan rings is 1. The topological polar surface area (TPSA) is 85.8 Å². The molecule has 0 N–H and O–H groups in total. The van der Waals surface area contributed by atoms with Crippen molar-refractivity contribution in [2.75, 3.05) is 25.0 Å². The lowest BCUT2D eigenvalue weighted by molar-refractivity contribution is -0.402. The Bertz CT molecular complexity index is 461. The van der Waals surface area contributed by atoms with Crippen LogP contribution >= 0.6 is 15.9 Å². The Morgan fingerprint density at radius 1 is 1.61 bits per heavy atom. The molecule has 0 radical (unpaired) electrons. The van der Waals surface area contributed by atoms with E-state index in [1.807, 2.05) is 0 Å². The molecule has 0 saturated carbocycles. The van der Waals surface area contributed by atoms with Crippen molar-refractivity contribution in [1.29, 1.82) is 0 Å². The number of alkyl halides is 1. The van der Waals surface area contributed by atoms with E-state index < -0.39 is 10.8 Å². The van der Waals surface area contributed by atoms with Crippen LogP contribution in [-0.2, 0) is 4.74 Å². The van der Waals surface area contributed by atoms with Gasteiger partial charge in [-0.15, -0.1) is 0 Å². The number of halogens is 1. The van der Waals surface area contributed by atoms with Crippen LogP contribution in [0.1, 0.15) is 10.6 Å². The third-order valence-electron chi connectivity index (χ3n) is 2.58. The largest absolute Gasteiger partial charge is 0.433 e. The molecule has 1 saturated heterocycles. The lowest BCUT2D eigenvalue weighted by Gasteiger charge is -2.31. The van der Waals surface area contributed by atoms with Gasteiger partial charge in [0.15, 0.2) is 5.76 Å². The molecule has 2 rings (SSSR count). The Morgan fingerprint density at radius 3 is 3.00 bits per heavy atom. The Hall–Kier alpha value is -1.41. The fourth-order valence-electron chi connectivity index (χ4n) is 1.69. The van der Waals surface area contributed by atoms with Gasteiger partial charge in [-0.25, -0.2) is 0 Å². The van der Waals surface area contributed by atoms with Gasteiger partial charge in [0.1, 0.15) is 4.92 Å². The van der Waals surface area contributed by atoms with E-state index in [9.17, 15) is 14.9 Å². The monoisotopic (exact) mass is 318 g/mol. The molecule has 1 aliphatic rings. The maximum Gasteiger partial charge on any atom is 0.433 e. The summed E-state index contributed by atoms with van der Waals surface area (Å²) in [5.74, 6) is -0.794. The number of carbonyl (C=O) groups is 1. The number of nitro groups is 1. The molecule has 98 valence electrons. The van der Waals surface area contributed by atoms with Crippen LogP contribution in [0.5, 0.6) is 0 Å². The highest BCUT2D eigenvalue weighted by Crippen LogP contribution is 2.18. The number of rotatable bonds is 3. The van der Waals surface area contributed by atoms with Gasteiger partial charge in [-0.1, -0.05) is 15.9 Å². The molecule has 0 bridgehead atoms. The van der Waals surface area contributed by atoms with Gasteiger partial charge >= 0.3 is 5.88 Å². The summed E-state index contributed by atoms with van der Waals surface area (Å²) in [4.78, 5) is 23.4. The van der Waals surface area contributed by atoms with E-state index in [-0.39, 0.29) is 17.8 Å². The smallest absolute Gasteiger partial charge is 0.395 e. The van der Waals surface area contributed by atoms with Gasteiger partial charge in [0.25, 0.3) is 5.91 Å². The number of hydrogen-bond acceptors (Lipinski definition) is 5. The minimum atomic E-state index is -0.669. The highest BCUT2D eigenvalue weighted by molar-refractivity contribution is 9.09. The second kappa shape index (κ2) is 5.49. The molecule has 0 spiro atoms. The molecule has 0 aliphatic carbocycles. The van der Waals surface area contributed by atoms with E-state index >= 15 is 0 Å². The van der Waals surface area contributed by atoms with Crippen LogP contribution in [0.2, 0.25) is 0 Å². The Balaban J connectivity index is 2.07. The third kappa shape index (κ3) is 2.70. The van der Waals surface area contributed by atoms with Crippen LogP contribution in [0.25, 0.3) is 0 Å². The van der Waals surface area contributed by atoms with Crippen LogP contribution < -0.4 is 0 Å². The first-order valence-corrected chi connectivity index (χ1v) is 6.45. The van der Waals surface area contributed by atoms with Crippen molar-refractivity contribution < 1.29 is 18.9 Å². The van der Waals surface area contributed by atoms with Crippen LogP contribution in [0.15, 0.2) is 16.5 Å². The molecule has 1 amide bonds. The molecule has 1 fully saturated rings. The molecular formula is C10H11BrN2O5. The lowest BCUT2D eigenvalue weighted by Crippen LogP contribution is -2.46. The molecule has 7 nitrogen and oxygen atoms in total. The number of hydrogen-bond donors (Lipinski definition) is 0. The van der Waals surface area contributed by atoms with Crippen LogP contribution in [0.4, 0.5) is 5.88 Å². The summed E-state index contributed by atoms with van der Waals surface area (Å²) in [5, 5.41) is 11.1. The first-order chi connectivity index (χ1) is 8.61. The zero-order valence-corrected chi connectivity index (χ0v) is 11.0. The minimum absolute atomic E-state index is 0.0167. The summed E-state index contributed by atoms with van der Waals surface area (Å²) in [6, 6.07) is 2.49. The minimum Gasteiger partial charge on any atom is -0.395 e. The molecule has 1 aliphatic heterocycles. The second-order valence-electron chi connectivity index (χ2n) is 3.79. The molecule has 0 aromatic carbocycles. The quantitative estimate of drug-likeness (QED) is 0.478. The number of ether oxygens (including phenoxy) is 1. The molecule has 8 heteroatoms. The molecule has 1 unspecified atom stereocenters. The number of morpholine rings is 1. The molecule has 1 aromatic rings. The Morgan fingerprint density at radius 2 is 2.39 bits per heavy atom. The van der Waals surface area contributed by atoms with E-state index in [0.717, 1.165) is 0 Å². The van der Waals surface area contributed by atoms with E-state index in [4.69, 9.17) is 9.15 Å². The molecule has 1 aromatic heterocycles. The van der Waals surface area contributed by atoms with Gasteiger partial charge in [0, 0.05) is 18.4 Å². The molecule has 1 atom stereocenters. The van der Waals surface area contributed by atoms with Crippen molar-refractivity contribution in [3.05, 3.63) is 28.0 Å². The van der Waals surface area contributed by atoms with E-state index in [1.165, 1.54) is 12.1 Å². The van der Waals surface area contributed by atoms with Gasteiger partial charge in [0.05, 0.1) is 18.8 Å². The fraction of sp³-hybridized carbons (Fsp3) is 0.500. The summed E-state index contributed by atoms with van der Waals surface area (Å²) < 4.78 is 10.3. The Kier molecular flexibility index (Phi) is 3.97. The predicted molar refractivity (Wildman–Crippen MR) is 64.8 cm³/mol. The number of nitrogens with zero attached hydrogens (tertiary/aromatic N) is 2. The average Bonchev–Trinajstić information content (AvgIpc) is 2.87. The Labute approximate surface area is 111 Å². The van der Waals surface area contributed by atoms with Crippen molar-refractivity contribution in [2.24, 2.45) is 0 Å². The summed E-state index contributed by atoms with van der Waals surface area (Å²) in [6.07, 6.45) is -0.0624. The van der Waals surface area contributed by atoms with E-state index in [0.29, 0.717) is 25.0 Å². The summed E-state index contributed by atoms with van der Waals surface area (Å²) in [6.45, 7) is 1.35. The van der Waals surface area contributed by atoms with Gasteiger partial charge < -0.3 is 14.1 Å². The zero-order chi connectivity index (χ0) is 13.1. The van der Waals surface area contributed by atoms with E-state index in [2.05, 4.69) is 15.9 Å². The summed E-state index contributed by atoms with van der Waals surface area (Å²) in [7, 11) is 0. The van der Waals surface area contributed by atoms with E-state index in [1.54, 1.807) is 4.90 Å². The van der Waals surface area contributed by atoms with Gasteiger partial charge in [-0.2, -0.15) is 0 Å². The average molecular weight is 319 g/mol. The number of carbonyl (C=O) groups excluding carboxylic acids is 1. The van der Waals surface area contributed by atoms with Crippen molar-refractivity contribution >= 4 is 27.7 Å². The van der Waals surface area contributed by atoms with Gasteiger partial charge in [-0.05, 0) is 6.07 Å². The van der Waals surface area contributed by atoms with Crippen LogP contribution in [-0.4, -0.2) is 46.9 Å². The van der Waals surface area contributed by atoms with Gasteiger partial charge in [-0.3, -0.25) is 14.9 Å². The summed E-state index contributed by atoms with van der Waals surface area (Å²) >= 11 is 3.29. The normalized spacial score (nSPS) is 19.8. The van der Waals surface area contributed by atoms with Crippen molar-refractivity contribution in [1.82, 2.24) is 4.90 Å². The maximum atomic E-state index is 12.0. The predicted octanol–water partition coefficient (Wildman–Crippen LogP) is 1.42. The lowest BCUT2D eigenvalue weighted by atomic mass is 10.3. The third-order valence-corrected chi connectivity index (χ3v) is 3.30. The fourth-order valence-corrected chi connectivity index (χ4v) is 2.09. The second-order valence-corrected chi connectivity index (χ2v) is 4.44. The standard InChI is InChI=1S/C10H11BrN2O5/c11-5-7-6-12(3-4-17-7)10(14)8-1-2-9(18-8)13(15)16/h1-2,7H,3-6H2. The molecule has 18 heavy (non-hydrogen) atoms. The number of amides is 1. The first-order valence-electron chi connectivity index (χ1n) is 5.33. The zero-order valence-electron chi connectivity index (χ0n) is 9.37. The maximum absolute atomic E-state index is 12.0. The first kappa shape index (κ1) is 13.0. The SMILES string of the molecule is O=C(c1ccc([N+](=O)[O-])o1)N1CCOC(CBr)C1. The van der Waals surface area contributed by atoms with Crippen molar-refractivity contribution in [3.63, 3.8) is 0 Å². The molecular weight excluding hydrogens is 308 g/mol. The highest BCUT2D eigenvalue weighted by Gasteiger charge is 2.27. The van der Waals surface area contributed by atoms with Crippen molar-refractivity contribution in [3.8, 4) is 0 Å². The molecule has 2 heterocycles. The van der Waals surface area contributed by atoms with Gasteiger partial charge in [0.2, 0.25) is 0 Å².